The first-order valence-electron chi connectivity index (χ1n) is 9.72. The van der Waals surface area contributed by atoms with E-state index in [4.69, 9.17) is 4.74 Å². The van der Waals surface area contributed by atoms with Gasteiger partial charge in [0.25, 0.3) is 5.56 Å². The maximum absolute atomic E-state index is 13.6. The van der Waals surface area contributed by atoms with Gasteiger partial charge in [-0.05, 0) is 49.4 Å². The van der Waals surface area contributed by atoms with Gasteiger partial charge >= 0.3 is 0 Å². The molecule has 5 nitrogen and oxygen atoms in total. The van der Waals surface area contributed by atoms with E-state index in [1.54, 1.807) is 55.5 Å². The van der Waals surface area contributed by atoms with Gasteiger partial charge in [-0.1, -0.05) is 36.0 Å². The first-order chi connectivity index (χ1) is 15.4. The number of nitrogens with zero attached hydrogens (tertiary/aromatic N) is 2. The number of thioether (sulfide) groups is 1. The van der Waals surface area contributed by atoms with E-state index in [0.29, 0.717) is 22.3 Å². The number of hydrogen-bond donors (Lipinski definition) is 0. The van der Waals surface area contributed by atoms with Gasteiger partial charge in [-0.3, -0.25) is 14.2 Å². The molecule has 0 aliphatic heterocycles. The van der Waals surface area contributed by atoms with Gasteiger partial charge in [0.15, 0.2) is 22.6 Å². The van der Waals surface area contributed by atoms with Crippen molar-refractivity contribution in [3.05, 3.63) is 94.3 Å². The van der Waals surface area contributed by atoms with Gasteiger partial charge in [0, 0.05) is 5.56 Å². The van der Waals surface area contributed by atoms with E-state index < -0.39 is 22.7 Å². The fourth-order valence-electron chi connectivity index (χ4n) is 3.31. The molecule has 1 heterocycles. The highest BCUT2D eigenvalue weighted by atomic mass is 32.2. The van der Waals surface area contributed by atoms with Crippen LogP contribution in [0.5, 0.6) is 5.75 Å². The van der Waals surface area contributed by atoms with E-state index in [-0.39, 0.29) is 16.3 Å². The number of benzene rings is 3. The minimum Gasteiger partial charge on any atom is -0.495 e. The minimum absolute atomic E-state index is 0.0378. The predicted molar refractivity (Wildman–Crippen MR) is 120 cm³/mol. The Morgan fingerprint density at radius 2 is 1.75 bits per heavy atom. The van der Waals surface area contributed by atoms with Gasteiger partial charge in [-0.15, -0.1) is 0 Å². The number of carbonyl (C=O) groups excluding carboxylic acids is 1. The first-order valence-corrected chi connectivity index (χ1v) is 10.6. The Labute approximate surface area is 186 Å². The fourth-order valence-corrected chi connectivity index (χ4v) is 4.31. The van der Waals surface area contributed by atoms with Crippen molar-refractivity contribution >= 4 is 28.4 Å². The lowest BCUT2D eigenvalue weighted by Crippen LogP contribution is -2.24. The summed E-state index contributed by atoms with van der Waals surface area (Å²) in [4.78, 5) is 30.9. The van der Waals surface area contributed by atoms with Gasteiger partial charge in [-0.2, -0.15) is 0 Å². The molecule has 0 N–H and O–H groups in total. The van der Waals surface area contributed by atoms with Crippen molar-refractivity contribution < 1.29 is 18.3 Å². The molecule has 0 spiro atoms. The number of para-hydroxylation sites is 3. The maximum atomic E-state index is 13.6. The summed E-state index contributed by atoms with van der Waals surface area (Å²) in [6.07, 6.45) is 0. The zero-order valence-electron chi connectivity index (χ0n) is 17.2. The summed E-state index contributed by atoms with van der Waals surface area (Å²) in [6, 6.07) is 16.9. The van der Waals surface area contributed by atoms with Gasteiger partial charge in [0.2, 0.25) is 0 Å². The topological polar surface area (TPSA) is 61.2 Å². The first kappa shape index (κ1) is 21.7. The van der Waals surface area contributed by atoms with Crippen LogP contribution in [-0.2, 0) is 0 Å². The predicted octanol–water partition coefficient (Wildman–Crippen LogP) is 5.04. The number of methoxy groups -OCH3 is 1. The Hall–Kier alpha value is -3.52. The number of ether oxygens (including phenoxy) is 1. The van der Waals surface area contributed by atoms with Crippen LogP contribution < -0.4 is 10.3 Å². The zero-order chi connectivity index (χ0) is 22.8. The minimum atomic E-state index is -1.09. The Morgan fingerprint density at radius 1 is 1.03 bits per heavy atom. The quantitative estimate of drug-likeness (QED) is 0.233. The largest absolute Gasteiger partial charge is 0.495 e. The van der Waals surface area contributed by atoms with Crippen molar-refractivity contribution in [2.24, 2.45) is 0 Å². The van der Waals surface area contributed by atoms with Crippen molar-refractivity contribution in [2.45, 2.75) is 17.3 Å². The van der Waals surface area contributed by atoms with E-state index in [2.05, 4.69) is 4.98 Å². The molecule has 0 saturated heterocycles. The molecule has 1 aromatic heterocycles. The monoisotopic (exact) mass is 452 g/mol. The molecule has 0 aliphatic carbocycles. The van der Waals surface area contributed by atoms with Crippen molar-refractivity contribution in [2.75, 3.05) is 7.11 Å². The number of fused-ring (bicyclic) bond motifs is 1. The van der Waals surface area contributed by atoms with Gasteiger partial charge < -0.3 is 4.74 Å². The number of hydrogen-bond acceptors (Lipinski definition) is 5. The summed E-state index contributed by atoms with van der Waals surface area (Å²) in [5.41, 5.74) is 0.692. The van der Waals surface area contributed by atoms with E-state index in [1.807, 2.05) is 0 Å². The molecule has 32 heavy (non-hydrogen) atoms. The van der Waals surface area contributed by atoms with Gasteiger partial charge in [0.05, 0.1) is 29.0 Å². The van der Waals surface area contributed by atoms with Crippen LogP contribution in [0, 0.1) is 11.6 Å². The fraction of sp³-hybridized carbons (Fsp3) is 0.125. The number of aromatic nitrogens is 2. The highest BCUT2D eigenvalue weighted by Gasteiger charge is 2.23. The molecular weight excluding hydrogens is 434 g/mol. The van der Waals surface area contributed by atoms with E-state index in [9.17, 15) is 18.4 Å². The summed E-state index contributed by atoms with van der Waals surface area (Å²) in [7, 11) is 1.50. The second-order valence-electron chi connectivity index (χ2n) is 6.98. The molecule has 0 bridgehead atoms. The normalized spacial score (nSPS) is 12.0. The Bertz CT molecular complexity index is 1390. The summed E-state index contributed by atoms with van der Waals surface area (Å²) in [6.45, 7) is 1.63. The number of Topliss-reactive ketones (excluding diaryl/α,β-unsaturated/α-hetero) is 1. The molecule has 0 amide bonds. The maximum Gasteiger partial charge on any atom is 0.266 e. The SMILES string of the molecule is COc1ccccc1-n1c(S[C@@H](C)C(=O)c2ccc(F)c(F)c2)nc2ccccc2c1=O. The van der Waals surface area contributed by atoms with Crippen LogP contribution in [0.2, 0.25) is 0 Å². The van der Waals surface area contributed by atoms with Crippen LogP contribution in [-0.4, -0.2) is 27.7 Å². The van der Waals surface area contributed by atoms with E-state index >= 15 is 0 Å². The lowest BCUT2D eigenvalue weighted by atomic mass is 10.1. The third kappa shape index (κ3) is 4.01. The average Bonchev–Trinajstić information content (AvgIpc) is 2.80. The summed E-state index contributed by atoms with van der Waals surface area (Å²) in [5, 5.41) is -0.0298. The molecule has 0 unspecified atom stereocenters. The van der Waals surface area contributed by atoms with Gasteiger partial charge in [-0.25, -0.2) is 13.8 Å². The van der Waals surface area contributed by atoms with Crippen molar-refractivity contribution in [3.63, 3.8) is 0 Å². The third-order valence-electron chi connectivity index (χ3n) is 4.93. The molecule has 0 radical (unpaired) electrons. The van der Waals surface area contributed by atoms with Crippen LogP contribution in [0.4, 0.5) is 8.78 Å². The molecule has 0 saturated carbocycles. The summed E-state index contributed by atoms with van der Waals surface area (Å²) in [5.74, 6) is -2.07. The molecule has 1 atom stereocenters. The number of halogens is 2. The summed E-state index contributed by atoms with van der Waals surface area (Å²) < 4.78 is 33.7. The molecule has 4 rings (SSSR count). The van der Waals surface area contributed by atoms with E-state index in [1.165, 1.54) is 17.7 Å². The molecular formula is C24H18F2N2O3S. The second kappa shape index (κ2) is 8.92. The second-order valence-corrected chi connectivity index (χ2v) is 8.29. The van der Waals surface area contributed by atoms with Crippen molar-refractivity contribution in [1.29, 1.82) is 0 Å². The van der Waals surface area contributed by atoms with Crippen LogP contribution in [0.1, 0.15) is 17.3 Å². The number of ketones is 1. The Morgan fingerprint density at radius 3 is 2.50 bits per heavy atom. The standard InChI is InChI=1S/C24H18F2N2O3S/c1-14(22(29)15-11-12-17(25)18(26)13-15)32-24-27-19-8-4-3-7-16(19)23(30)28(24)20-9-5-6-10-21(20)31-2/h3-14H,1-2H3/t14-/m0/s1. The zero-order valence-corrected chi connectivity index (χ0v) is 18.0. The van der Waals surface area contributed by atoms with Crippen LogP contribution in [0.15, 0.2) is 76.7 Å². The molecule has 162 valence electrons. The number of carbonyl (C=O) groups is 1. The highest BCUT2D eigenvalue weighted by molar-refractivity contribution is 8.00. The molecule has 4 aromatic rings. The average molecular weight is 452 g/mol. The third-order valence-corrected chi connectivity index (χ3v) is 5.98. The lowest BCUT2D eigenvalue weighted by molar-refractivity contribution is 0.0993. The highest BCUT2D eigenvalue weighted by Crippen LogP contribution is 2.30. The van der Waals surface area contributed by atoms with Crippen LogP contribution in [0.25, 0.3) is 16.6 Å². The molecule has 8 heteroatoms. The van der Waals surface area contributed by atoms with Crippen molar-refractivity contribution in [1.82, 2.24) is 9.55 Å². The number of rotatable bonds is 6. The smallest absolute Gasteiger partial charge is 0.266 e. The van der Waals surface area contributed by atoms with Crippen molar-refractivity contribution in [3.8, 4) is 11.4 Å². The van der Waals surface area contributed by atoms with Crippen LogP contribution in [0.3, 0.4) is 0 Å². The summed E-state index contributed by atoms with van der Waals surface area (Å²) >= 11 is 1.06. The van der Waals surface area contributed by atoms with E-state index in [0.717, 1.165) is 23.9 Å². The molecule has 3 aromatic carbocycles. The van der Waals surface area contributed by atoms with Crippen LogP contribution >= 0.6 is 11.8 Å². The Kier molecular flexibility index (Phi) is 6.05. The van der Waals surface area contributed by atoms with Gasteiger partial charge in [0.1, 0.15) is 5.75 Å². The molecule has 0 aliphatic rings. The lowest BCUT2D eigenvalue weighted by Gasteiger charge is -2.17. The molecule has 0 fully saturated rings. The Balaban J connectivity index is 1.83.